The van der Waals surface area contributed by atoms with Crippen LogP contribution in [0.5, 0.6) is 0 Å². The fraction of sp³-hybridized carbons (Fsp3) is 0.500. The van der Waals surface area contributed by atoms with E-state index in [4.69, 9.17) is 0 Å². The molecule has 2 rings (SSSR count). The van der Waals surface area contributed by atoms with Crippen molar-refractivity contribution in [2.24, 2.45) is 0 Å². The van der Waals surface area contributed by atoms with E-state index in [1.165, 1.54) is 11.3 Å². The first-order chi connectivity index (χ1) is 9.49. The Kier molecular flexibility index (Phi) is 4.23. The van der Waals surface area contributed by atoms with E-state index in [-0.39, 0.29) is 30.7 Å². The van der Waals surface area contributed by atoms with E-state index < -0.39 is 5.41 Å². The normalized spacial score (nSPS) is 22.4. The third-order valence-corrected chi connectivity index (χ3v) is 4.24. The fourth-order valence-electron chi connectivity index (χ4n) is 2.31. The number of carbonyl (C=O) groups is 3. The van der Waals surface area contributed by atoms with Gasteiger partial charge in [-0.15, -0.1) is 0 Å². The number of imide groups is 1. The lowest BCUT2D eigenvalue weighted by atomic mass is 9.83. The molecule has 1 unspecified atom stereocenters. The third kappa shape index (κ3) is 2.60. The van der Waals surface area contributed by atoms with Crippen molar-refractivity contribution in [2.45, 2.75) is 32.1 Å². The predicted octanol–water partition coefficient (Wildman–Crippen LogP) is 1.29. The topological polar surface area (TPSA) is 66.5 Å². The summed E-state index contributed by atoms with van der Waals surface area (Å²) < 4.78 is 0. The molecular formula is C14H18N2O3S. The molecule has 0 saturated carbocycles. The smallest absolute Gasteiger partial charge is 0.240 e. The van der Waals surface area contributed by atoms with Gasteiger partial charge in [0.2, 0.25) is 17.7 Å². The number of hydrogen-bond donors (Lipinski definition) is 1. The number of thiophene rings is 1. The molecule has 0 spiro atoms. The van der Waals surface area contributed by atoms with Gasteiger partial charge in [0.05, 0.1) is 5.41 Å². The van der Waals surface area contributed by atoms with Crippen molar-refractivity contribution in [3.63, 3.8) is 0 Å². The molecule has 1 atom stereocenters. The van der Waals surface area contributed by atoms with Gasteiger partial charge in [-0.1, -0.05) is 6.92 Å². The Morgan fingerprint density at radius 1 is 1.50 bits per heavy atom. The number of amides is 3. The van der Waals surface area contributed by atoms with Gasteiger partial charge in [-0.25, -0.2) is 0 Å². The van der Waals surface area contributed by atoms with Crippen LogP contribution in [0.4, 0.5) is 0 Å². The number of rotatable bonds is 5. The second-order valence-electron chi connectivity index (χ2n) is 5.16. The molecule has 0 radical (unpaired) electrons. The molecule has 6 heteroatoms. The summed E-state index contributed by atoms with van der Waals surface area (Å²) in [5.74, 6) is -0.856. The molecular weight excluding hydrogens is 276 g/mol. The van der Waals surface area contributed by atoms with Crippen LogP contribution in [0.1, 0.15) is 32.3 Å². The molecule has 0 aromatic carbocycles. The lowest BCUT2D eigenvalue weighted by Gasteiger charge is -2.21. The van der Waals surface area contributed by atoms with Crippen molar-refractivity contribution in [2.75, 3.05) is 13.1 Å². The van der Waals surface area contributed by atoms with Gasteiger partial charge in [-0.3, -0.25) is 19.3 Å². The van der Waals surface area contributed by atoms with Crippen LogP contribution in [-0.2, 0) is 19.8 Å². The van der Waals surface area contributed by atoms with Gasteiger partial charge in [0.25, 0.3) is 0 Å². The maximum absolute atomic E-state index is 12.5. The fourth-order valence-corrected chi connectivity index (χ4v) is 3.10. The Hall–Kier alpha value is -1.69. The Morgan fingerprint density at radius 3 is 2.85 bits per heavy atom. The van der Waals surface area contributed by atoms with Crippen LogP contribution < -0.4 is 5.32 Å². The van der Waals surface area contributed by atoms with Gasteiger partial charge in [-0.05, 0) is 35.7 Å². The molecule has 3 amide bonds. The van der Waals surface area contributed by atoms with E-state index in [1.54, 1.807) is 6.92 Å². The average molecular weight is 294 g/mol. The van der Waals surface area contributed by atoms with Gasteiger partial charge < -0.3 is 5.32 Å². The maximum Gasteiger partial charge on any atom is 0.240 e. The molecule has 20 heavy (non-hydrogen) atoms. The summed E-state index contributed by atoms with van der Waals surface area (Å²) in [6.07, 6.45) is 0.948. The van der Waals surface area contributed by atoms with Crippen molar-refractivity contribution < 1.29 is 14.4 Å². The summed E-state index contributed by atoms with van der Waals surface area (Å²) in [6, 6.07) is 1.86. The summed E-state index contributed by atoms with van der Waals surface area (Å²) in [7, 11) is 0. The molecule has 0 aliphatic carbocycles. The van der Waals surface area contributed by atoms with Gasteiger partial charge in [0.15, 0.2) is 0 Å². The number of carbonyl (C=O) groups excluding carboxylic acids is 3. The minimum absolute atomic E-state index is 0.129. The first kappa shape index (κ1) is 14.7. The highest BCUT2D eigenvalue weighted by molar-refractivity contribution is 7.08. The van der Waals surface area contributed by atoms with E-state index in [0.29, 0.717) is 6.54 Å². The molecule has 2 heterocycles. The van der Waals surface area contributed by atoms with Gasteiger partial charge in [0, 0.05) is 13.0 Å². The van der Waals surface area contributed by atoms with Crippen molar-refractivity contribution in [1.82, 2.24) is 10.2 Å². The molecule has 0 bridgehead atoms. The quantitative estimate of drug-likeness (QED) is 0.832. The van der Waals surface area contributed by atoms with Crippen LogP contribution in [0.15, 0.2) is 16.8 Å². The van der Waals surface area contributed by atoms with Gasteiger partial charge in [-0.2, -0.15) is 11.3 Å². The largest absolute Gasteiger partial charge is 0.355 e. The zero-order valence-corrected chi connectivity index (χ0v) is 12.5. The van der Waals surface area contributed by atoms with Gasteiger partial charge >= 0.3 is 0 Å². The zero-order valence-electron chi connectivity index (χ0n) is 11.6. The lowest BCUT2D eigenvalue weighted by Crippen LogP contribution is -2.43. The molecule has 1 aliphatic heterocycles. The van der Waals surface area contributed by atoms with Crippen LogP contribution >= 0.6 is 11.3 Å². The van der Waals surface area contributed by atoms with E-state index >= 15 is 0 Å². The predicted molar refractivity (Wildman–Crippen MR) is 76.3 cm³/mol. The highest BCUT2D eigenvalue weighted by Gasteiger charge is 2.49. The number of hydrogen-bond acceptors (Lipinski definition) is 4. The van der Waals surface area contributed by atoms with E-state index in [9.17, 15) is 14.4 Å². The Bertz CT molecular complexity index is 527. The van der Waals surface area contributed by atoms with E-state index in [2.05, 4.69) is 5.32 Å². The molecule has 1 aliphatic rings. The Labute approximate surface area is 122 Å². The number of likely N-dealkylation sites (tertiary alicyclic amines) is 1. The van der Waals surface area contributed by atoms with Crippen LogP contribution in [0.25, 0.3) is 0 Å². The highest BCUT2D eigenvalue weighted by atomic mass is 32.1. The molecule has 108 valence electrons. The summed E-state index contributed by atoms with van der Waals surface area (Å²) in [6.45, 7) is 4.08. The van der Waals surface area contributed by atoms with Crippen LogP contribution in [-0.4, -0.2) is 35.7 Å². The van der Waals surface area contributed by atoms with Crippen LogP contribution in [0, 0.1) is 0 Å². The zero-order chi connectivity index (χ0) is 14.8. The first-order valence-electron chi connectivity index (χ1n) is 6.63. The maximum atomic E-state index is 12.5. The SMILES string of the molecule is CCCNC(=O)CN1C(=O)CC(C)(c2ccsc2)C1=O. The number of nitrogens with one attached hydrogen (secondary N) is 1. The summed E-state index contributed by atoms with van der Waals surface area (Å²) in [5.41, 5.74) is 0.0135. The molecule has 5 nitrogen and oxygen atoms in total. The second kappa shape index (κ2) is 5.75. The molecule has 1 saturated heterocycles. The summed E-state index contributed by atoms with van der Waals surface area (Å²) in [4.78, 5) is 37.3. The molecule has 1 N–H and O–H groups in total. The van der Waals surface area contributed by atoms with Crippen molar-refractivity contribution in [3.05, 3.63) is 22.4 Å². The lowest BCUT2D eigenvalue weighted by molar-refractivity contribution is -0.143. The molecule has 1 fully saturated rings. The first-order valence-corrected chi connectivity index (χ1v) is 7.57. The monoisotopic (exact) mass is 294 g/mol. The molecule has 1 aromatic rings. The summed E-state index contributed by atoms with van der Waals surface area (Å²) in [5, 5.41) is 6.44. The summed E-state index contributed by atoms with van der Waals surface area (Å²) >= 11 is 1.49. The minimum Gasteiger partial charge on any atom is -0.355 e. The van der Waals surface area contributed by atoms with Crippen molar-refractivity contribution in [1.29, 1.82) is 0 Å². The van der Waals surface area contributed by atoms with Crippen LogP contribution in [0.2, 0.25) is 0 Å². The Morgan fingerprint density at radius 2 is 2.25 bits per heavy atom. The third-order valence-electron chi connectivity index (χ3n) is 3.56. The van der Waals surface area contributed by atoms with Crippen molar-refractivity contribution in [3.8, 4) is 0 Å². The van der Waals surface area contributed by atoms with Crippen LogP contribution in [0.3, 0.4) is 0 Å². The minimum atomic E-state index is -0.831. The number of nitrogens with zero attached hydrogens (tertiary/aromatic N) is 1. The van der Waals surface area contributed by atoms with Crippen molar-refractivity contribution >= 4 is 29.1 Å². The second-order valence-corrected chi connectivity index (χ2v) is 5.94. The van der Waals surface area contributed by atoms with E-state index in [0.717, 1.165) is 16.9 Å². The highest BCUT2D eigenvalue weighted by Crippen LogP contribution is 2.37. The van der Waals surface area contributed by atoms with E-state index in [1.807, 2.05) is 23.8 Å². The average Bonchev–Trinajstić information content (AvgIpc) is 3.01. The standard InChI is InChI=1S/C14H18N2O3S/c1-3-5-15-11(17)8-16-12(18)7-14(2,13(16)19)10-4-6-20-9-10/h4,6,9H,3,5,7-8H2,1-2H3,(H,15,17). The molecule has 1 aromatic heterocycles. The Balaban J connectivity index is 2.11. The van der Waals surface area contributed by atoms with Gasteiger partial charge in [0.1, 0.15) is 6.54 Å².